The molecule has 0 radical (unpaired) electrons. The number of rotatable bonds is 0. The van der Waals surface area contributed by atoms with Gasteiger partial charge in [-0.2, -0.15) is 0 Å². The molecule has 10 heavy (non-hydrogen) atoms. The third-order valence-corrected chi connectivity index (χ3v) is 2.04. The Bertz CT molecular complexity index is 256. The van der Waals surface area contributed by atoms with Crippen LogP contribution in [0.25, 0.3) is 0 Å². The van der Waals surface area contributed by atoms with Crippen LogP contribution in [-0.4, -0.2) is 18.5 Å². The monoisotopic (exact) mass is 133 g/mol. The zero-order valence-corrected chi connectivity index (χ0v) is 6.39. The van der Waals surface area contributed by atoms with Gasteiger partial charge in [-0.05, 0) is 24.1 Å². The molecule has 0 saturated heterocycles. The molecule has 1 heteroatoms. The van der Waals surface area contributed by atoms with Crippen molar-refractivity contribution in [1.82, 2.24) is 4.90 Å². The van der Waals surface area contributed by atoms with E-state index in [2.05, 4.69) is 37.1 Å². The van der Waals surface area contributed by atoms with Crippen molar-refractivity contribution in [3.8, 4) is 0 Å². The van der Waals surface area contributed by atoms with Gasteiger partial charge in [0.25, 0.3) is 0 Å². The van der Waals surface area contributed by atoms with Gasteiger partial charge < -0.3 is 4.90 Å². The first kappa shape index (κ1) is 5.78. The zero-order chi connectivity index (χ0) is 7.14. The molecule has 2 rings (SSSR count). The van der Waals surface area contributed by atoms with Crippen LogP contribution < -0.4 is 0 Å². The average Bonchev–Trinajstić information content (AvgIpc) is 2.35. The van der Waals surface area contributed by atoms with Crippen LogP contribution in [0.2, 0.25) is 0 Å². The van der Waals surface area contributed by atoms with E-state index >= 15 is 0 Å². The van der Waals surface area contributed by atoms with E-state index in [0.717, 1.165) is 6.54 Å². The fourth-order valence-corrected chi connectivity index (χ4v) is 1.49. The lowest BCUT2D eigenvalue weighted by Gasteiger charge is -2.11. The molecular weight excluding hydrogens is 122 g/mol. The summed E-state index contributed by atoms with van der Waals surface area (Å²) < 4.78 is 0. The summed E-state index contributed by atoms with van der Waals surface area (Å²) in [6, 6.07) is 0. The predicted molar refractivity (Wildman–Crippen MR) is 42.6 cm³/mol. The molecule has 0 N–H and O–H groups in total. The van der Waals surface area contributed by atoms with E-state index in [1.807, 2.05) is 0 Å². The summed E-state index contributed by atoms with van der Waals surface area (Å²) in [6.07, 6.45) is 6.74. The third kappa shape index (κ3) is 0.635. The Labute approximate surface area is 61.3 Å². The fourth-order valence-electron chi connectivity index (χ4n) is 1.49. The highest BCUT2D eigenvalue weighted by molar-refractivity contribution is 5.54. The predicted octanol–water partition coefficient (Wildman–Crippen LogP) is 1.70. The van der Waals surface area contributed by atoms with E-state index < -0.39 is 0 Å². The van der Waals surface area contributed by atoms with E-state index in [0.29, 0.717) is 0 Å². The van der Waals surface area contributed by atoms with E-state index in [-0.39, 0.29) is 0 Å². The van der Waals surface area contributed by atoms with Crippen LogP contribution in [0, 0.1) is 0 Å². The minimum atomic E-state index is 1.07. The zero-order valence-electron chi connectivity index (χ0n) is 6.39. The highest BCUT2D eigenvalue weighted by Gasteiger charge is 2.17. The molecule has 0 saturated carbocycles. The molecule has 0 aromatic carbocycles. The van der Waals surface area contributed by atoms with Crippen molar-refractivity contribution in [2.24, 2.45) is 0 Å². The quantitative estimate of drug-likeness (QED) is 0.486. The second-order valence-corrected chi connectivity index (χ2v) is 2.96. The summed E-state index contributed by atoms with van der Waals surface area (Å²) in [5, 5.41) is 0. The molecule has 0 atom stereocenters. The highest BCUT2D eigenvalue weighted by atomic mass is 15.1. The van der Waals surface area contributed by atoms with Gasteiger partial charge in [0, 0.05) is 19.3 Å². The van der Waals surface area contributed by atoms with Crippen LogP contribution in [0.15, 0.2) is 35.1 Å². The molecule has 2 aliphatic rings. The molecule has 0 fully saturated rings. The maximum absolute atomic E-state index is 2.27. The van der Waals surface area contributed by atoms with Crippen molar-refractivity contribution in [3.63, 3.8) is 0 Å². The van der Waals surface area contributed by atoms with Gasteiger partial charge in [-0.25, -0.2) is 0 Å². The summed E-state index contributed by atoms with van der Waals surface area (Å²) >= 11 is 0. The summed E-state index contributed by atoms with van der Waals surface area (Å²) in [4.78, 5) is 2.27. The number of hydrogen-bond acceptors (Lipinski definition) is 1. The van der Waals surface area contributed by atoms with Crippen LogP contribution in [0.3, 0.4) is 0 Å². The van der Waals surface area contributed by atoms with E-state index in [9.17, 15) is 0 Å². The van der Waals surface area contributed by atoms with Gasteiger partial charge >= 0.3 is 0 Å². The maximum Gasteiger partial charge on any atom is 0.0440 e. The molecule has 0 bridgehead atoms. The molecular formula is C9H11N. The number of allylic oxidation sites excluding steroid dienone is 3. The molecule has 0 unspecified atom stereocenters. The first-order valence-electron chi connectivity index (χ1n) is 3.59. The molecule has 0 aromatic heterocycles. The lowest BCUT2D eigenvalue weighted by Crippen LogP contribution is -2.10. The summed E-state index contributed by atoms with van der Waals surface area (Å²) in [5.74, 6) is 0. The van der Waals surface area contributed by atoms with Crippen molar-refractivity contribution < 1.29 is 0 Å². The van der Waals surface area contributed by atoms with Crippen LogP contribution in [-0.2, 0) is 0 Å². The van der Waals surface area contributed by atoms with Gasteiger partial charge in [-0.1, -0.05) is 12.2 Å². The van der Waals surface area contributed by atoms with E-state index in [1.54, 1.807) is 0 Å². The molecule has 52 valence electrons. The minimum absolute atomic E-state index is 1.07. The number of hydrogen-bond donors (Lipinski definition) is 0. The van der Waals surface area contributed by atoms with Crippen molar-refractivity contribution >= 4 is 0 Å². The lowest BCUT2D eigenvalue weighted by atomic mass is 10.3. The first-order chi connectivity index (χ1) is 4.77. The SMILES string of the molecule is CC1=CC2=CCN(C)C2=C1. The molecule has 1 aliphatic carbocycles. The molecule has 0 aromatic rings. The summed E-state index contributed by atoms with van der Waals surface area (Å²) in [7, 11) is 2.13. The summed E-state index contributed by atoms with van der Waals surface area (Å²) in [6.45, 7) is 3.21. The Morgan fingerprint density at radius 2 is 2.20 bits per heavy atom. The minimum Gasteiger partial charge on any atom is -0.370 e. The lowest BCUT2D eigenvalue weighted by molar-refractivity contribution is 0.499. The fraction of sp³-hybridized carbons (Fsp3) is 0.333. The van der Waals surface area contributed by atoms with Gasteiger partial charge in [0.1, 0.15) is 0 Å². The first-order valence-corrected chi connectivity index (χ1v) is 3.59. The van der Waals surface area contributed by atoms with Crippen LogP contribution in [0.1, 0.15) is 6.92 Å². The maximum atomic E-state index is 2.27. The molecule has 0 amide bonds. The molecule has 1 heterocycles. The molecule has 1 nitrogen and oxygen atoms in total. The van der Waals surface area contributed by atoms with Crippen molar-refractivity contribution in [1.29, 1.82) is 0 Å². The van der Waals surface area contributed by atoms with E-state index in [1.165, 1.54) is 16.8 Å². The average molecular weight is 133 g/mol. The second-order valence-electron chi connectivity index (χ2n) is 2.96. The molecule has 0 spiro atoms. The Hall–Kier alpha value is -0.980. The Morgan fingerprint density at radius 1 is 1.40 bits per heavy atom. The van der Waals surface area contributed by atoms with Crippen LogP contribution in [0.5, 0.6) is 0 Å². The topological polar surface area (TPSA) is 3.24 Å². The number of nitrogens with zero attached hydrogens (tertiary/aromatic N) is 1. The van der Waals surface area contributed by atoms with Gasteiger partial charge in [-0.3, -0.25) is 0 Å². The second kappa shape index (κ2) is 1.75. The van der Waals surface area contributed by atoms with Crippen molar-refractivity contribution in [2.45, 2.75) is 6.92 Å². The van der Waals surface area contributed by atoms with Gasteiger partial charge in [0.15, 0.2) is 0 Å². The van der Waals surface area contributed by atoms with Crippen LogP contribution >= 0.6 is 0 Å². The molecule has 1 aliphatic heterocycles. The standard InChI is InChI=1S/C9H11N/c1-7-5-8-3-4-10(2)9(8)6-7/h3,5-6H,4H2,1-2H3. The highest BCUT2D eigenvalue weighted by Crippen LogP contribution is 2.29. The van der Waals surface area contributed by atoms with Gasteiger partial charge in [0.05, 0.1) is 0 Å². The Morgan fingerprint density at radius 3 is 2.90 bits per heavy atom. The Kier molecular flexibility index (Phi) is 1.01. The number of likely N-dealkylation sites (N-methyl/N-ethyl adjacent to an activating group) is 1. The number of fused-ring (bicyclic) bond motifs is 1. The normalized spacial score (nSPS) is 22.2. The van der Waals surface area contributed by atoms with Crippen LogP contribution in [0.4, 0.5) is 0 Å². The summed E-state index contributed by atoms with van der Waals surface area (Å²) in [5.41, 5.74) is 4.16. The largest absolute Gasteiger partial charge is 0.370 e. The smallest absolute Gasteiger partial charge is 0.0440 e. The Balaban J connectivity index is 2.42. The third-order valence-electron chi connectivity index (χ3n) is 2.04. The van der Waals surface area contributed by atoms with Crippen molar-refractivity contribution in [3.05, 3.63) is 35.1 Å². The van der Waals surface area contributed by atoms with Crippen molar-refractivity contribution in [2.75, 3.05) is 13.6 Å². The van der Waals surface area contributed by atoms with E-state index in [4.69, 9.17) is 0 Å². The van der Waals surface area contributed by atoms with Gasteiger partial charge in [-0.15, -0.1) is 0 Å². The van der Waals surface area contributed by atoms with Gasteiger partial charge in [0.2, 0.25) is 0 Å².